The Labute approximate surface area is 168 Å². The molecule has 0 bridgehead atoms. The molecule has 1 amide bonds. The van der Waals surface area contributed by atoms with E-state index < -0.39 is 15.9 Å². The van der Waals surface area contributed by atoms with E-state index >= 15 is 0 Å². The van der Waals surface area contributed by atoms with Gasteiger partial charge in [0.1, 0.15) is 5.75 Å². The molecule has 0 saturated carbocycles. The first-order valence-electron chi connectivity index (χ1n) is 9.37. The van der Waals surface area contributed by atoms with Gasteiger partial charge in [-0.2, -0.15) is 0 Å². The van der Waals surface area contributed by atoms with E-state index in [4.69, 9.17) is 4.74 Å². The molecule has 1 N–H and O–H groups in total. The Hall–Kier alpha value is -2.34. The third-order valence-electron chi connectivity index (χ3n) is 4.87. The topological polar surface area (TPSA) is 72.5 Å². The summed E-state index contributed by atoms with van der Waals surface area (Å²) in [4.78, 5) is 12.9. The minimum atomic E-state index is -3.24. The SMILES string of the molecule is CC[C@@H](NC(=O)[C@H](C)Oc1cc(C)cc(C)c1C)c1ccc(S(C)(=O)=O)cc1. The molecule has 152 valence electrons. The van der Waals surface area contributed by atoms with Crippen molar-refractivity contribution in [3.63, 3.8) is 0 Å². The van der Waals surface area contributed by atoms with Crippen LogP contribution in [0.5, 0.6) is 5.75 Å². The molecule has 0 saturated heterocycles. The molecule has 2 aromatic carbocycles. The highest BCUT2D eigenvalue weighted by molar-refractivity contribution is 7.90. The molecule has 0 aliphatic carbocycles. The predicted octanol–water partition coefficient (Wildman–Crippen LogP) is 4.05. The number of carbonyl (C=O) groups is 1. The van der Waals surface area contributed by atoms with Crippen LogP contribution in [0.25, 0.3) is 0 Å². The van der Waals surface area contributed by atoms with E-state index in [0.29, 0.717) is 12.2 Å². The number of amides is 1. The Balaban J connectivity index is 2.11. The Morgan fingerprint density at radius 3 is 2.25 bits per heavy atom. The van der Waals surface area contributed by atoms with E-state index in [2.05, 4.69) is 11.4 Å². The lowest BCUT2D eigenvalue weighted by atomic mass is 10.0. The molecule has 0 fully saturated rings. The molecule has 0 radical (unpaired) electrons. The summed E-state index contributed by atoms with van der Waals surface area (Å²) in [6, 6.07) is 10.4. The minimum absolute atomic E-state index is 0.211. The molecule has 0 aliphatic heterocycles. The molecule has 0 heterocycles. The van der Waals surface area contributed by atoms with Crippen LogP contribution < -0.4 is 10.1 Å². The third kappa shape index (κ3) is 5.35. The van der Waals surface area contributed by atoms with Gasteiger partial charge in [-0.25, -0.2) is 8.42 Å². The lowest BCUT2D eigenvalue weighted by Gasteiger charge is -2.22. The lowest BCUT2D eigenvalue weighted by Crippen LogP contribution is -2.38. The second kappa shape index (κ2) is 8.78. The number of nitrogens with one attached hydrogen (secondary N) is 1. The Bertz CT molecular complexity index is 949. The summed E-state index contributed by atoms with van der Waals surface area (Å²) in [6.45, 7) is 9.69. The van der Waals surface area contributed by atoms with Gasteiger partial charge in [-0.05, 0) is 74.6 Å². The lowest BCUT2D eigenvalue weighted by molar-refractivity contribution is -0.128. The molecule has 28 heavy (non-hydrogen) atoms. The number of aryl methyl sites for hydroxylation is 2. The smallest absolute Gasteiger partial charge is 0.261 e. The molecule has 2 atom stereocenters. The van der Waals surface area contributed by atoms with Gasteiger partial charge in [0.25, 0.3) is 5.91 Å². The molecule has 0 aliphatic rings. The minimum Gasteiger partial charge on any atom is -0.481 e. The van der Waals surface area contributed by atoms with E-state index in [1.165, 1.54) is 6.26 Å². The largest absolute Gasteiger partial charge is 0.481 e. The van der Waals surface area contributed by atoms with Gasteiger partial charge in [0.2, 0.25) is 0 Å². The second-order valence-electron chi connectivity index (χ2n) is 7.28. The normalized spacial score (nSPS) is 13.6. The van der Waals surface area contributed by atoms with Crippen molar-refractivity contribution < 1.29 is 17.9 Å². The molecule has 2 rings (SSSR count). The Kier molecular flexibility index (Phi) is 6.88. The number of sulfone groups is 1. The standard InChI is InChI=1S/C22H29NO4S/c1-7-20(18-8-10-19(11-9-18)28(6,25)26)23-22(24)17(5)27-21-13-14(2)12-15(3)16(21)4/h8-13,17,20H,7H2,1-6H3,(H,23,24)/t17-,20+/m0/s1. The zero-order valence-corrected chi connectivity index (χ0v) is 18.2. The van der Waals surface area contributed by atoms with Crippen molar-refractivity contribution in [3.05, 3.63) is 58.7 Å². The maximum Gasteiger partial charge on any atom is 0.261 e. The van der Waals surface area contributed by atoms with Gasteiger partial charge in [0, 0.05) is 6.26 Å². The van der Waals surface area contributed by atoms with Crippen LogP contribution in [0.4, 0.5) is 0 Å². The Morgan fingerprint density at radius 2 is 1.71 bits per heavy atom. The average Bonchev–Trinajstić information content (AvgIpc) is 2.62. The zero-order valence-electron chi connectivity index (χ0n) is 17.4. The predicted molar refractivity (Wildman–Crippen MR) is 111 cm³/mol. The van der Waals surface area contributed by atoms with E-state index in [1.807, 2.05) is 33.8 Å². The fraction of sp³-hybridized carbons (Fsp3) is 0.409. The van der Waals surface area contributed by atoms with Gasteiger partial charge in [-0.1, -0.05) is 25.1 Å². The van der Waals surface area contributed by atoms with E-state index in [1.54, 1.807) is 31.2 Å². The van der Waals surface area contributed by atoms with E-state index in [0.717, 1.165) is 22.3 Å². The monoisotopic (exact) mass is 403 g/mol. The first-order chi connectivity index (χ1) is 13.0. The highest BCUT2D eigenvalue weighted by Gasteiger charge is 2.21. The highest BCUT2D eigenvalue weighted by atomic mass is 32.2. The van der Waals surface area contributed by atoms with Crippen molar-refractivity contribution in [2.24, 2.45) is 0 Å². The fourth-order valence-electron chi connectivity index (χ4n) is 3.02. The van der Waals surface area contributed by atoms with E-state index in [-0.39, 0.29) is 16.8 Å². The van der Waals surface area contributed by atoms with Crippen LogP contribution in [0.3, 0.4) is 0 Å². The molecule has 2 aromatic rings. The molecular formula is C22H29NO4S. The maximum atomic E-state index is 12.7. The summed E-state index contributed by atoms with van der Waals surface area (Å²) in [7, 11) is -3.24. The number of hydrogen-bond donors (Lipinski definition) is 1. The maximum absolute atomic E-state index is 12.7. The summed E-state index contributed by atoms with van der Waals surface area (Å²) < 4.78 is 29.1. The van der Waals surface area contributed by atoms with Gasteiger partial charge in [-0.3, -0.25) is 4.79 Å². The first-order valence-corrected chi connectivity index (χ1v) is 11.3. The quantitative estimate of drug-likeness (QED) is 0.757. The first kappa shape index (κ1) is 22.0. The second-order valence-corrected chi connectivity index (χ2v) is 9.29. The van der Waals surface area contributed by atoms with Crippen molar-refractivity contribution >= 4 is 15.7 Å². The third-order valence-corrected chi connectivity index (χ3v) is 6.00. The van der Waals surface area contributed by atoms with Crippen LogP contribution in [0, 0.1) is 20.8 Å². The van der Waals surface area contributed by atoms with Crippen LogP contribution in [-0.4, -0.2) is 26.7 Å². The molecular weight excluding hydrogens is 374 g/mol. The van der Waals surface area contributed by atoms with Crippen molar-refractivity contribution in [1.82, 2.24) is 5.32 Å². The fourth-order valence-corrected chi connectivity index (χ4v) is 3.66. The van der Waals surface area contributed by atoms with Crippen molar-refractivity contribution in [2.45, 2.75) is 58.1 Å². The molecule has 6 heteroatoms. The van der Waals surface area contributed by atoms with Gasteiger partial charge in [0.15, 0.2) is 15.9 Å². The molecule has 0 unspecified atom stereocenters. The summed E-state index contributed by atoms with van der Waals surface area (Å²) in [6.07, 6.45) is 1.21. The van der Waals surface area contributed by atoms with Crippen LogP contribution in [0.1, 0.15) is 48.6 Å². The summed E-state index contributed by atoms with van der Waals surface area (Å²) >= 11 is 0. The van der Waals surface area contributed by atoms with Crippen molar-refractivity contribution in [2.75, 3.05) is 6.26 Å². The van der Waals surface area contributed by atoms with Gasteiger partial charge in [0.05, 0.1) is 10.9 Å². The number of carbonyl (C=O) groups excluding carboxylic acids is 1. The zero-order chi connectivity index (χ0) is 21.1. The summed E-state index contributed by atoms with van der Waals surface area (Å²) in [5.74, 6) is 0.503. The van der Waals surface area contributed by atoms with E-state index in [9.17, 15) is 13.2 Å². The van der Waals surface area contributed by atoms with Crippen LogP contribution in [0.2, 0.25) is 0 Å². The Morgan fingerprint density at radius 1 is 1.11 bits per heavy atom. The van der Waals surface area contributed by atoms with Crippen LogP contribution >= 0.6 is 0 Å². The summed E-state index contributed by atoms with van der Waals surface area (Å²) in [5, 5.41) is 3.00. The number of hydrogen-bond acceptors (Lipinski definition) is 4. The number of ether oxygens (including phenoxy) is 1. The van der Waals surface area contributed by atoms with Gasteiger partial charge < -0.3 is 10.1 Å². The summed E-state index contributed by atoms with van der Waals surface area (Å²) in [5.41, 5.74) is 4.09. The van der Waals surface area contributed by atoms with Gasteiger partial charge in [-0.15, -0.1) is 0 Å². The molecule has 0 spiro atoms. The number of benzene rings is 2. The molecule has 5 nitrogen and oxygen atoms in total. The number of rotatable bonds is 7. The highest BCUT2D eigenvalue weighted by Crippen LogP contribution is 2.25. The van der Waals surface area contributed by atoms with Crippen LogP contribution in [0.15, 0.2) is 41.3 Å². The van der Waals surface area contributed by atoms with Crippen molar-refractivity contribution in [1.29, 1.82) is 0 Å². The molecule has 0 aromatic heterocycles. The van der Waals surface area contributed by atoms with Crippen molar-refractivity contribution in [3.8, 4) is 5.75 Å². The average molecular weight is 404 g/mol. The van der Waals surface area contributed by atoms with Gasteiger partial charge >= 0.3 is 0 Å². The van der Waals surface area contributed by atoms with Crippen LogP contribution in [-0.2, 0) is 14.6 Å².